The first-order valence-corrected chi connectivity index (χ1v) is 11.9. The molecule has 33 heavy (non-hydrogen) atoms. The summed E-state index contributed by atoms with van der Waals surface area (Å²) in [6.45, 7) is 6.79. The molecular weight excluding hydrogens is 450 g/mol. The van der Waals surface area contributed by atoms with Gasteiger partial charge in [0.15, 0.2) is 11.5 Å². The van der Waals surface area contributed by atoms with Crippen molar-refractivity contribution in [2.45, 2.75) is 20.0 Å². The number of hydrogen-bond acceptors (Lipinski definition) is 5. The van der Waals surface area contributed by atoms with E-state index in [1.54, 1.807) is 12.0 Å². The van der Waals surface area contributed by atoms with E-state index in [1.165, 1.54) is 22.5 Å². The first-order chi connectivity index (χ1) is 16.0. The molecule has 0 bridgehead atoms. The van der Waals surface area contributed by atoms with Crippen molar-refractivity contribution in [3.05, 3.63) is 88.8 Å². The quantitative estimate of drug-likeness (QED) is 0.215. The Kier molecular flexibility index (Phi) is 7.16. The number of thiocarbonyl (C=S) groups is 1. The molecule has 3 aromatic carbocycles. The van der Waals surface area contributed by atoms with Gasteiger partial charge in [-0.15, -0.1) is 6.58 Å². The van der Waals surface area contributed by atoms with Crippen LogP contribution >= 0.6 is 24.0 Å². The second-order valence-electron chi connectivity index (χ2n) is 7.56. The van der Waals surface area contributed by atoms with E-state index in [-0.39, 0.29) is 5.91 Å². The smallest absolute Gasteiger partial charge is 0.266 e. The Balaban J connectivity index is 1.67. The molecular formula is C27H25NO3S2. The van der Waals surface area contributed by atoms with Crippen LogP contribution in [0.3, 0.4) is 0 Å². The van der Waals surface area contributed by atoms with Gasteiger partial charge in [0.05, 0.1) is 12.0 Å². The Morgan fingerprint density at radius 1 is 1.12 bits per heavy atom. The molecule has 4 rings (SSSR count). The summed E-state index contributed by atoms with van der Waals surface area (Å²) in [4.78, 5) is 14.8. The Hall–Kier alpha value is -3.09. The predicted octanol–water partition coefficient (Wildman–Crippen LogP) is 6.38. The van der Waals surface area contributed by atoms with Gasteiger partial charge in [0, 0.05) is 12.1 Å². The number of amides is 1. The number of methoxy groups -OCH3 is 1. The molecule has 4 nitrogen and oxygen atoms in total. The number of benzene rings is 3. The lowest BCUT2D eigenvalue weighted by atomic mass is 10.0. The Bertz CT molecular complexity index is 1260. The molecule has 0 atom stereocenters. The number of carbonyl (C=O) groups excluding carboxylic acids is 1. The van der Waals surface area contributed by atoms with Crippen LogP contribution in [-0.2, 0) is 17.8 Å². The lowest BCUT2D eigenvalue weighted by Gasteiger charge is -2.17. The molecule has 0 aliphatic carbocycles. The number of thioether (sulfide) groups is 1. The minimum Gasteiger partial charge on any atom is -0.493 e. The number of nitrogens with zero attached hydrogens (tertiary/aromatic N) is 1. The number of fused-ring (bicyclic) bond motifs is 1. The highest BCUT2D eigenvalue weighted by molar-refractivity contribution is 8.26. The summed E-state index contributed by atoms with van der Waals surface area (Å²) in [6.07, 6.45) is 4.30. The van der Waals surface area contributed by atoms with Crippen molar-refractivity contribution >= 4 is 51.1 Å². The standard InChI is InChI=1S/C27H25NO3S2/c1-4-9-20-14-18(16-24-26(29)28(5-2)27(32)33-24)15-23(30-3)25(20)31-17-21-12-8-11-19-10-6-7-13-22(19)21/h4,6-8,10-16H,1,5,9,17H2,2-3H3/b24-16-. The van der Waals surface area contributed by atoms with E-state index in [9.17, 15) is 4.79 Å². The van der Waals surface area contributed by atoms with E-state index in [2.05, 4.69) is 30.8 Å². The van der Waals surface area contributed by atoms with Gasteiger partial charge < -0.3 is 9.47 Å². The van der Waals surface area contributed by atoms with Crippen molar-refractivity contribution in [3.8, 4) is 11.5 Å². The number of ether oxygens (including phenoxy) is 2. The molecule has 3 aromatic rings. The maximum Gasteiger partial charge on any atom is 0.266 e. The molecule has 0 spiro atoms. The summed E-state index contributed by atoms with van der Waals surface area (Å²) < 4.78 is 12.6. The molecule has 0 unspecified atom stereocenters. The van der Waals surface area contributed by atoms with Crippen LogP contribution in [0.15, 0.2) is 72.2 Å². The van der Waals surface area contributed by atoms with Crippen LogP contribution in [0.4, 0.5) is 0 Å². The van der Waals surface area contributed by atoms with Crippen LogP contribution in [-0.4, -0.2) is 28.8 Å². The average Bonchev–Trinajstić information content (AvgIpc) is 3.10. The topological polar surface area (TPSA) is 38.8 Å². The first-order valence-electron chi connectivity index (χ1n) is 10.7. The van der Waals surface area contributed by atoms with Gasteiger partial charge in [0.1, 0.15) is 10.9 Å². The fourth-order valence-corrected chi connectivity index (χ4v) is 5.27. The fraction of sp³-hybridized carbons (Fsp3) is 0.185. The largest absolute Gasteiger partial charge is 0.493 e. The molecule has 0 aromatic heterocycles. The lowest BCUT2D eigenvalue weighted by Crippen LogP contribution is -2.27. The number of carbonyl (C=O) groups is 1. The molecule has 168 valence electrons. The van der Waals surface area contributed by atoms with Crippen molar-refractivity contribution in [1.29, 1.82) is 0 Å². The minimum absolute atomic E-state index is 0.0620. The fourth-order valence-electron chi connectivity index (χ4n) is 3.88. The van der Waals surface area contributed by atoms with E-state index in [0.717, 1.165) is 16.7 Å². The van der Waals surface area contributed by atoms with Gasteiger partial charge in [-0.1, -0.05) is 72.5 Å². The maximum atomic E-state index is 12.6. The molecule has 0 saturated carbocycles. The summed E-state index contributed by atoms with van der Waals surface area (Å²) in [5, 5.41) is 2.34. The highest BCUT2D eigenvalue weighted by Crippen LogP contribution is 2.37. The Morgan fingerprint density at radius 2 is 1.91 bits per heavy atom. The third-order valence-electron chi connectivity index (χ3n) is 5.48. The zero-order valence-corrected chi connectivity index (χ0v) is 20.3. The van der Waals surface area contributed by atoms with E-state index >= 15 is 0 Å². The second-order valence-corrected chi connectivity index (χ2v) is 9.23. The molecule has 1 aliphatic heterocycles. The van der Waals surface area contributed by atoms with Gasteiger partial charge in [-0.3, -0.25) is 9.69 Å². The van der Waals surface area contributed by atoms with Crippen molar-refractivity contribution < 1.29 is 14.3 Å². The summed E-state index contributed by atoms with van der Waals surface area (Å²) >= 11 is 6.65. The highest BCUT2D eigenvalue weighted by atomic mass is 32.2. The first kappa shape index (κ1) is 23.1. The van der Waals surface area contributed by atoms with Crippen LogP contribution < -0.4 is 9.47 Å². The summed E-state index contributed by atoms with van der Waals surface area (Å²) in [5.41, 5.74) is 2.91. The molecule has 1 saturated heterocycles. The number of rotatable bonds is 8. The molecule has 6 heteroatoms. The molecule has 1 aliphatic rings. The molecule has 1 fully saturated rings. The van der Waals surface area contributed by atoms with Gasteiger partial charge in [0.25, 0.3) is 5.91 Å². The average molecular weight is 476 g/mol. The third-order valence-corrected chi connectivity index (χ3v) is 6.86. The maximum absolute atomic E-state index is 12.6. The highest BCUT2D eigenvalue weighted by Gasteiger charge is 2.30. The van der Waals surface area contributed by atoms with Crippen molar-refractivity contribution in [2.24, 2.45) is 0 Å². The van der Waals surface area contributed by atoms with Crippen molar-refractivity contribution in [3.63, 3.8) is 0 Å². The van der Waals surface area contributed by atoms with Crippen LogP contribution in [0, 0.1) is 0 Å². The lowest BCUT2D eigenvalue weighted by molar-refractivity contribution is -0.121. The van der Waals surface area contributed by atoms with Crippen molar-refractivity contribution in [1.82, 2.24) is 4.90 Å². The molecule has 0 radical (unpaired) electrons. The van der Waals surface area contributed by atoms with Crippen LogP contribution in [0.25, 0.3) is 16.8 Å². The van der Waals surface area contributed by atoms with E-state index < -0.39 is 0 Å². The SMILES string of the molecule is C=CCc1cc(/C=C2\SC(=S)N(CC)C2=O)cc(OC)c1OCc1cccc2ccccc12. The van der Waals surface area contributed by atoms with E-state index in [0.29, 0.717) is 40.3 Å². The van der Waals surface area contributed by atoms with Crippen LogP contribution in [0.5, 0.6) is 11.5 Å². The Morgan fingerprint density at radius 3 is 2.64 bits per heavy atom. The second kappa shape index (κ2) is 10.2. The van der Waals surface area contributed by atoms with Gasteiger partial charge in [0.2, 0.25) is 0 Å². The van der Waals surface area contributed by atoms with Gasteiger partial charge in [-0.25, -0.2) is 0 Å². The van der Waals surface area contributed by atoms with Gasteiger partial charge in [-0.05, 0) is 53.5 Å². The Labute approximate surface area is 203 Å². The van der Waals surface area contributed by atoms with Crippen LogP contribution in [0.1, 0.15) is 23.6 Å². The minimum atomic E-state index is -0.0620. The molecule has 1 heterocycles. The molecule has 1 amide bonds. The zero-order valence-electron chi connectivity index (χ0n) is 18.7. The monoisotopic (exact) mass is 475 g/mol. The number of likely N-dealkylation sites (N-methyl/N-ethyl adjacent to an activating group) is 1. The summed E-state index contributed by atoms with van der Waals surface area (Å²) in [5.74, 6) is 1.24. The zero-order chi connectivity index (χ0) is 23.4. The molecule has 0 N–H and O–H groups in total. The van der Waals surface area contributed by atoms with E-state index in [4.69, 9.17) is 21.7 Å². The number of hydrogen-bond donors (Lipinski definition) is 0. The normalized spacial score (nSPS) is 14.8. The summed E-state index contributed by atoms with van der Waals surface area (Å²) in [6, 6.07) is 18.4. The third kappa shape index (κ3) is 4.82. The predicted molar refractivity (Wildman–Crippen MR) is 141 cm³/mol. The van der Waals surface area contributed by atoms with E-state index in [1.807, 2.05) is 49.4 Å². The number of allylic oxidation sites excluding steroid dienone is 1. The van der Waals surface area contributed by atoms with Crippen LogP contribution in [0.2, 0.25) is 0 Å². The van der Waals surface area contributed by atoms with Gasteiger partial charge in [-0.2, -0.15) is 0 Å². The summed E-state index contributed by atoms with van der Waals surface area (Å²) in [7, 11) is 1.62. The van der Waals surface area contributed by atoms with Gasteiger partial charge >= 0.3 is 0 Å². The van der Waals surface area contributed by atoms with Crippen molar-refractivity contribution in [2.75, 3.05) is 13.7 Å².